The van der Waals surface area contributed by atoms with E-state index >= 15 is 0 Å². The van der Waals surface area contributed by atoms with E-state index in [9.17, 15) is 9.59 Å². The molecular weight excluding hydrogens is 284 g/mol. The lowest BCUT2D eigenvalue weighted by Crippen LogP contribution is -2.43. The third-order valence-electron chi connectivity index (χ3n) is 4.01. The highest BCUT2D eigenvalue weighted by molar-refractivity contribution is 6.74. The molecule has 116 valence electrons. The van der Waals surface area contributed by atoms with Crippen LogP contribution in [0.15, 0.2) is 24.3 Å². The van der Waals surface area contributed by atoms with E-state index in [1.54, 1.807) is 24.3 Å². The number of rotatable bonds is 5. The maximum atomic E-state index is 11.5. The topological polar surface area (TPSA) is 52.6 Å². The van der Waals surface area contributed by atoms with Gasteiger partial charge >= 0.3 is 5.97 Å². The summed E-state index contributed by atoms with van der Waals surface area (Å²) in [5, 5.41) is 0.114. The monoisotopic (exact) mass is 308 g/mol. The molecule has 0 spiro atoms. The quantitative estimate of drug-likeness (QED) is 0.361. The highest BCUT2D eigenvalue weighted by atomic mass is 28.4. The summed E-state index contributed by atoms with van der Waals surface area (Å²) in [7, 11) is -0.617. The van der Waals surface area contributed by atoms with Crippen LogP contribution in [0, 0.1) is 0 Å². The largest absolute Gasteiger partial charge is 0.544 e. The highest BCUT2D eigenvalue weighted by Gasteiger charge is 2.38. The van der Waals surface area contributed by atoms with Gasteiger partial charge in [-0.1, -0.05) is 32.9 Å². The number of hydrogen-bond acceptors (Lipinski definition) is 4. The van der Waals surface area contributed by atoms with E-state index in [4.69, 9.17) is 4.43 Å². The summed E-state index contributed by atoms with van der Waals surface area (Å²) in [6, 6.07) is 7.07. The van der Waals surface area contributed by atoms with Crippen LogP contribution in [0.5, 0.6) is 5.75 Å². The molecule has 21 heavy (non-hydrogen) atoms. The first kappa shape index (κ1) is 17.4. The van der Waals surface area contributed by atoms with Crippen molar-refractivity contribution in [2.75, 3.05) is 7.11 Å². The van der Waals surface area contributed by atoms with Crippen LogP contribution >= 0.6 is 0 Å². The lowest BCUT2D eigenvalue weighted by molar-refractivity contribution is -0.143. The van der Waals surface area contributed by atoms with Gasteiger partial charge in [0.15, 0.2) is 0 Å². The van der Waals surface area contributed by atoms with E-state index in [2.05, 4.69) is 38.6 Å². The van der Waals surface area contributed by atoms with Crippen molar-refractivity contribution in [2.45, 2.75) is 44.8 Å². The third kappa shape index (κ3) is 4.17. The van der Waals surface area contributed by atoms with Crippen LogP contribution in [-0.2, 0) is 14.3 Å². The van der Waals surface area contributed by atoms with Crippen LogP contribution in [0.1, 0.15) is 32.3 Å². The summed E-state index contributed by atoms with van der Waals surface area (Å²) in [5.41, 5.74) is 0.611. The van der Waals surface area contributed by atoms with Gasteiger partial charge in [0.05, 0.1) is 7.11 Å². The first-order valence-electron chi connectivity index (χ1n) is 6.94. The minimum absolute atomic E-state index is 0.114. The SMILES string of the molecule is COC(=O)C(C=O)c1ccc(O[Si](C)(C)C(C)(C)C)cc1. The zero-order chi connectivity index (χ0) is 16.3. The molecule has 4 nitrogen and oxygen atoms in total. The minimum atomic E-state index is -1.89. The Balaban J connectivity index is 2.93. The van der Waals surface area contributed by atoms with Crippen molar-refractivity contribution in [1.29, 1.82) is 0 Å². The van der Waals surface area contributed by atoms with Crippen molar-refractivity contribution in [3.63, 3.8) is 0 Å². The Bertz CT molecular complexity index is 500. The molecule has 0 aliphatic carbocycles. The first-order chi connectivity index (χ1) is 9.62. The lowest BCUT2D eigenvalue weighted by atomic mass is 10.0. The van der Waals surface area contributed by atoms with Crippen LogP contribution in [0.25, 0.3) is 0 Å². The molecule has 5 heteroatoms. The summed E-state index contributed by atoms with van der Waals surface area (Å²) in [6.45, 7) is 10.9. The molecule has 0 amide bonds. The van der Waals surface area contributed by atoms with E-state index in [-0.39, 0.29) is 5.04 Å². The number of ether oxygens (including phenoxy) is 1. The highest BCUT2D eigenvalue weighted by Crippen LogP contribution is 2.37. The minimum Gasteiger partial charge on any atom is -0.544 e. The van der Waals surface area contributed by atoms with E-state index < -0.39 is 20.2 Å². The van der Waals surface area contributed by atoms with Gasteiger partial charge in [-0.05, 0) is 35.8 Å². The molecule has 0 aliphatic rings. The van der Waals surface area contributed by atoms with Crippen molar-refractivity contribution < 1.29 is 18.8 Å². The van der Waals surface area contributed by atoms with E-state index in [1.165, 1.54) is 7.11 Å². The molecule has 0 aromatic heterocycles. The van der Waals surface area contributed by atoms with Crippen molar-refractivity contribution in [3.05, 3.63) is 29.8 Å². The van der Waals surface area contributed by atoms with Crippen LogP contribution in [0.4, 0.5) is 0 Å². The molecule has 0 fully saturated rings. The van der Waals surface area contributed by atoms with Crippen molar-refractivity contribution in [3.8, 4) is 5.75 Å². The number of carbonyl (C=O) groups excluding carboxylic acids is 2. The van der Waals surface area contributed by atoms with Crippen molar-refractivity contribution in [1.82, 2.24) is 0 Å². The Morgan fingerprint density at radius 1 is 1.19 bits per heavy atom. The van der Waals surface area contributed by atoms with E-state index in [1.807, 2.05) is 0 Å². The summed E-state index contributed by atoms with van der Waals surface area (Å²) in [5.74, 6) is -0.667. The number of aldehydes is 1. The maximum Gasteiger partial charge on any atom is 0.320 e. The number of methoxy groups -OCH3 is 1. The molecule has 1 unspecified atom stereocenters. The molecule has 0 radical (unpaired) electrons. The maximum absolute atomic E-state index is 11.5. The Morgan fingerprint density at radius 3 is 2.10 bits per heavy atom. The normalized spacial score (nSPS) is 13.4. The number of benzene rings is 1. The molecule has 0 N–H and O–H groups in total. The molecule has 0 bridgehead atoms. The van der Waals surface area contributed by atoms with Crippen molar-refractivity contribution >= 4 is 20.6 Å². The number of hydrogen-bond donors (Lipinski definition) is 0. The molecule has 0 saturated heterocycles. The fourth-order valence-corrected chi connectivity index (χ4v) is 2.62. The molecule has 0 saturated carbocycles. The fourth-order valence-electron chi connectivity index (χ4n) is 1.59. The van der Waals surface area contributed by atoms with Gasteiger partial charge in [-0.3, -0.25) is 4.79 Å². The Morgan fingerprint density at radius 2 is 1.71 bits per heavy atom. The molecular formula is C16H24O4Si. The van der Waals surface area contributed by atoms with E-state index in [0.29, 0.717) is 11.8 Å². The second-order valence-electron chi connectivity index (χ2n) is 6.57. The standard InChI is InChI=1S/C16H24O4Si/c1-16(2,3)21(5,6)20-13-9-7-12(8-10-13)14(11-17)15(18)19-4/h7-11,14H,1-6H3. The van der Waals surface area contributed by atoms with Gasteiger partial charge in [0.2, 0.25) is 8.32 Å². The molecule has 0 heterocycles. The Kier molecular flexibility index (Phi) is 5.34. The second-order valence-corrected chi connectivity index (χ2v) is 11.3. The van der Waals surface area contributed by atoms with Gasteiger partial charge < -0.3 is 14.0 Å². The Hall–Kier alpha value is -1.62. The van der Waals surface area contributed by atoms with Gasteiger partial charge in [-0.15, -0.1) is 0 Å². The molecule has 1 rings (SSSR count). The van der Waals surface area contributed by atoms with Crippen LogP contribution in [-0.4, -0.2) is 27.7 Å². The lowest BCUT2D eigenvalue weighted by Gasteiger charge is -2.36. The van der Waals surface area contributed by atoms with Gasteiger partial charge in [0, 0.05) is 0 Å². The Labute approximate surface area is 127 Å². The smallest absolute Gasteiger partial charge is 0.320 e. The third-order valence-corrected chi connectivity index (χ3v) is 8.37. The average molecular weight is 308 g/mol. The summed E-state index contributed by atoms with van der Waals surface area (Å²) in [6.07, 6.45) is 0.593. The van der Waals surface area contributed by atoms with Gasteiger partial charge in [-0.2, -0.15) is 0 Å². The first-order valence-corrected chi connectivity index (χ1v) is 9.85. The summed E-state index contributed by atoms with van der Waals surface area (Å²) in [4.78, 5) is 22.5. The molecule has 0 aliphatic heterocycles. The zero-order valence-corrected chi connectivity index (χ0v) is 14.6. The second kappa shape index (κ2) is 6.43. The average Bonchev–Trinajstić information content (AvgIpc) is 2.39. The summed E-state index contributed by atoms with van der Waals surface area (Å²) < 4.78 is 10.8. The van der Waals surface area contributed by atoms with Crippen LogP contribution in [0.3, 0.4) is 0 Å². The number of esters is 1. The van der Waals surface area contributed by atoms with Gasteiger partial charge in [-0.25, -0.2) is 0 Å². The fraction of sp³-hybridized carbons (Fsp3) is 0.500. The molecule has 1 aromatic carbocycles. The van der Waals surface area contributed by atoms with Crippen LogP contribution < -0.4 is 4.43 Å². The predicted octanol–water partition coefficient (Wildman–Crippen LogP) is 3.53. The molecule has 1 atom stereocenters. The van der Waals surface area contributed by atoms with E-state index in [0.717, 1.165) is 5.75 Å². The molecule has 1 aromatic rings. The van der Waals surface area contributed by atoms with Crippen molar-refractivity contribution in [2.24, 2.45) is 0 Å². The zero-order valence-electron chi connectivity index (χ0n) is 13.6. The van der Waals surface area contributed by atoms with Gasteiger partial charge in [0.1, 0.15) is 18.0 Å². The predicted molar refractivity (Wildman–Crippen MR) is 85.1 cm³/mol. The van der Waals surface area contributed by atoms with Gasteiger partial charge in [0.25, 0.3) is 0 Å². The summed E-state index contributed by atoms with van der Waals surface area (Å²) >= 11 is 0. The number of carbonyl (C=O) groups is 2. The van der Waals surface area contributed by atoms with Crippen LogP contribution in [0.2, 0.25) is 18.1 Å².